The number of hydrogen-bond acceptors (Lipinski definition) is 5. The zero-order chi connectivity index (χ0) is 12.6. The van der Waals surface area contributed by atoms with E-state index in [0.717, 1.165) is 6.42 Å². The minimum Gasteiger partial charge on any atom is -0.469 e. The summed E-state index contributed by atoms with van der Waals surface area (Å²) in [5.74, 6) is -0.533. The molecule has 0 aromatic rings. The third kappa shape index (κ3) is 7.61. The number of hydrogen-bond donors (Lipinski definition) is 2. The van der Waals surface area contributed by atoms with E-state index in [0.29, 0.717) is 6.42 Å². The molecule has 0 heterocycles. The Labute approximate surface area is 96.0 Å². The Bertz CT molecular complexity index is 301. The number of nitrogens with one attached hydrogen (secondary N) is 1. The SMILES string of the molecule is CCCCS(=O)(=O)NCC(O)CC(=O)OC. The molecule has 6 nitrogen and oxygen atoms in total. The maximum atomic E-state index is 11.3. The number of methoxy groups -OCH3 is 1. The predicted octanol–water partition coefficient (Wildman–Crippen LogP) is -0.370. The lowest BCUT2D eigenvalue weighted by Crippen LogP contribution is -2.34. The van der Waals surface area contributed by atoms with Crippen LogP contribution in [0.3, 0.4) is 0 Å². The zero-order valence-electron chi connectivity index (χ0n) is 9.60. The summed E-state index contributed by atoms with van der Waals surface area (Å²) in [6, 6.07) is 0. The quantitative estimate of drug-likeness (QED) is 0.576. The van der Waals surface area contributed by atoms with Crippen LogP contribution in [0.1, 0.15) is 26.2 Å². The summed E-state index contributed by atoms with van der Waals surface area (Å²) >= 11 is 0. The first-order valence-electron chi connectivity index (χ1n) is 5.13. The zero-order valence-corrected chi connectivity index (χ0v) is 10.4. The van der Waals surface area contributed by atoms with E-state index in [-0.39, 0.29) is 18.7 Å². The largest absolute Gasteiger partial charge is 0.469 e. The standard InChI is InChI=1S/C9H19NO5S/c1-3-4-5-16(13,14)10-7-8(11)6-9(12)15-2/h8,10-11H,3-7H2,1-2H3. The van der Waals surface area contributed by atoms with Gasteiger partial charge in [-0.2, -0.15) is 0 Å². The van der Waals surface area contributed by atoms with Gasteiger partial charge in [0.05, 0.1) is 25.4 Å². The Hall–Kier alpha value is -0.660. The van der Waals surface area contributed by atoms with Crippen molar-refractivity contribution in [2.75, 3.05) is 19.4 Å². The van der Waals surface area contributed by atoms with Crippen LogP contribution in [0.4, 0.5) is 0 Å². The Morgan fingerprint density at radius 3 is 2.62 bits per heavy atom. The maximum Gasteiger partial charge on any atom is 0.308 e. The average Bonchev–Trinajstić information content (AvgIpc) is 2.24. The molecule has 2 N–H and O–H groups in total. The number of ether oxygens (including phenoxy) is 1. The molecular formula is C9H19NO5S. The first-order valence-corrected chi connectivity index (χ1v) is 6.78. The fourth-order valence-corrected chi connectivity index (χ4v) is 2.24. The second-order valence-electron chi connectivity index (χ2n) is 3.45. The van der Waals surface area contributed by atoms with Crippen LogP contribution in [0.15, 0.2) is 0 Å². The number of unbranched alkanes of at least 4 members (excludes halogenated alkanes) is 1. The normalized spacial score (nSPS) is 13.4. The number of sulfonamides is 1. The smallest absolute Gasteiger partial charge is 0.308 e. The lowest BCUT2D eigenvalue weighted by molar-refractivity contribution is -0.142. The molecule has 0 rings (SSSR count). The molecule has 16 heavy (non-hydrogen) atoms. The molecule has 0 bridgehead atoms. The topological polar surface area (TPSA) is 92.7 Å². The molecule has 1 unspecified atom stereocenters. The Morgan fingerprint density at radius 2 is 2.12 bits per heavy atom. The van der Waals surface area contributed by atoms with Crippen LogP contribution < -0.4 is 4.72 Å². The van der Waals surface area contributed by atoms with Gasteiger partial charge in [0.1, 0.15) is 0 Å². The van der Waals surface area contributed by atoms with Crippen molar-refractivity contribution in [3.63, 3.8) is 0 Å². The van der Waals surface area contributed by atoms with Gasteiger partial charge in [-0.1, -0.05) is 13.3 Å². The highest BCUT2D eigenvalue weighted by Crippen LogP contribution is 1.96. The van der Waals surface area contributed by atoms with Crippen molar-refractivity contribution in [3.8, 4) is 0 Å². The summed E-state index contributed by atoms with van der Waals surface area (Å²) in [4.78, 5) is 10.8. The molecule has 0 aliphatic carbocycles. The van der Waals surface area contributed by atoms with Crippen molar-refractivity contribution in [3.05, 3.63) is 0 Å². The summed E-state index contributed by atoms with van der Waals surface area (Å²) in [7, 11) is -2.13. The number of aliphatic hydroxyl groups excluding tert-OH is 1. The molecule has 0 aliphatic rings. The molecule has 0 saturated carbocycles. The van der Waals surface area contributed by atoms with Crippen molar-refractivity contribution >= 4 is 16.0 Å². The molecule has 96 valence electrons. The van der Waals surface area contributed by atoms with E-state index in [9.17, 15) is 18.3 Å². The minimum atomic E-state index is -3.34. The third-order valence-corrected chi connectivity index (χ3v) is 3.37. The third-order valence-electron chi connectivity index (χ3n) is 1.94. The van der Waals surface area contributed by atoms with E-state index in [2.05, 4.69) is 9.46 Å². The number of carbonyl (C=O) groups excluding carboxylic acids is 1. The number of rotatable bonds is 8. The van der Waals surface area contributed by atoms with Crippen molar-refractivity contribution in [2.45, 2.75) is 32.3 Å². The summed E-state index contributed by atoms with van der Waals surface area (Å²) < 4.78 is 29.2. The fourth-order valence-electron chi connectivity index (χ4n) is 0.978. The van der Waals surface area contributed by atoms with Gasteiger partial charge in [0.15, 0.2) is 0 Å². The van der Waals surface area contributed by atoms with Gasteiger partial charge in [-0.05, 0) is 6.42 Å². The number of esters is 1. The molecule has 0 aromatic carbocycles. The highest BCUT2D eigenvalue weighted by molar-refractivity contribution is 7.89. The van der Waals surface area contributed by atoms with Crippen LogP contribution in [-0.2, 0) is 19.6 Å². The van der Waals surface area contributed by atoms with Crippen molar-refractivity contribution in [1.29, 1.82) is 0 Å². The van der Waals surface area contributed by atoms with Gasteiger partial charge in [-0.15, -0.1) is 0 Å². The van der Waals surface area contributed by atoms with E-state index in [1.165, 1.54) is 7.11 Å². The molecule has 0 amide bonds. The van der Waals surface area contributed by atoms with Crippen molar-refractivity contribution in [2.24, 2.45) is 0 Å². The molecule has 0 saturated heterocycles. The molecule has 7 heteroatoms. The Kier molecular flexibility index (Phi) is 7.27. The molecular weight excluding hydrogens is 234 g/mol. The molecule has 1 atom stereocenters. The summed E-state index contributed by atoms with van der Waals surface area (Å²) in [6.07, 6.45) is 0.0877. The molecule has 0 aliphatic heterocycles. The van der Waals surface area contributed by atoms with E-state index >= 15 is 0 Å². The highest BCUT2D eigenvalue weighted by atomic mass is 32.2. The number of carbonyl (C=O) groups is 1. The van der Waals surface area contributed by atoms with Crippen molar-refractivity contribution in [1.82, 2.24) is 4.72 Å². The summed E-state index contributed by atoms with van der Waals surface area (Å²) in [6.45, 7) is 1.72. The average molecular weight is 253 g/mol. The van der Waals surface area contributed by atoms with Gasteiger partial charge in [0.25, 0.3) is 0 Å². The van der Waals surface area contributed by atoms with Crippen LogP contribution in [0.25, 0.3) is 0 Å². The van der Waals surface area contributed by atoms with E-state index in [1.54, 1.807) is 0 Å². The molecule has 0 radical (unpaired) electrons. The predicted molar refractivity (Wildman–Crippen MR) is 59.3 cm³/mol. The van der Waals surface area contributed by atoms with Gasteiger partial charge in [0, 0.05) is 6.54 Å². The summed E-state index contributed by atoms with van der Waals surface area (Å²) in [5.41, 5.74) is 0. The Morgan fingerprint density at radius 1 is 1.50 bits per heavy atom. The second kappa shape index (κ2) is 7.59. The van der Waals surface area contributed by atoms with E-state index in [4.69, 9.17) is 0 Å². The van der Waals surface area contributed by atoms with Gasteiger partial charge in [-0.25, -0.2) is 13.1 Å². The van der Waals surface area contributed by atoms with Crippen LogP contribution in [0, 0.1) is 0 Å². The lowest BCUT2D eigenvalue weighted by Gasteiger charge is -2.10. The lowest BCUT2D eigenvalue weighted by atomic mass is 10.2. The molecule has 0 fully saturated rings. The van der Waals surface area contributed by atoms with Crippen LogP contribution in [0.5, 0.6) is 0 Å². The van der Waals surface area contributed by atoms with Crippen LogP contribution >= 0.6 is 0 Å². The Balaban J connectivity index is 3.90. The van der Waals surface area contributed by atoms with Gasteiger partial charge < -0.3 is 9.84 Å². The van der Waals surface area contributed by atoms with E-state index in [1.807, 2.05) is 6.92 Å². The molecule has 0 aromatic heterocycles. The van der Waals surface area contributed by atoms with E-state index < -0.39 is 22.1 Å². The van der Waals surface area contributed by atoms with Crippen LogP contribution in [0.2, 0.25) is 0 Å². The molecule has 0 spiro atoms. The maximum absolute atomic E-state index is 11.3. The highest BCUT2D eigenvalue weighted by Gasteiger charge is 2.15. The van der Waals surface area contributed by atoms with Gasteiger partial charge in [-0.3, -0.25) is 4.79 Å². The second-order valence-corrected chi connectivity index (χ2v) is 5.38. The van der Waals surface area contributed by atoms with Gasteiger partial charge in [0.2, 0.25) is 10.0 Å². The minimum absolute atomic E-state index is 0.0362. The summed E-state index contributed by atoms with van der Waals surface area (Å²) in [5, 5.41) is 9.31. The number of aliphatic hydroxyl groups is 1. The van der Waals surface area contributed by atoms with Crippen LogP contribution in [-0.4, -0.2) is 45.0 Å². The van der Waals surface area contributed by atoms with Crippen molar-refractivity contribution < 1.29 is 23.1 Å². The first kappa shape index (κ1) is 15.3. The van der Waals surface area contributed by atoms with Gasteiger partial charge >= 0.3 is 5.97 Å². The monoisotopic (exact) mass is 253 g/mol. The fraction of sp³-hybridized carbons (Fsp3) is 0.889. The first-order chi connectivity index (χ1) is 7.41.